The number of aryl methyl sites for hydroxylation is 2. The summed E-state index contributed by atoms with van der Waals surface area (Å²) in [6.07, 6.45) is 9.77. The first kappa shape index (κ1) is 15.0. The highest BCUT2D eigenvalue weighted by Gasteiger charge is 2.18. The first-order valence-electron chi connectivity index (χ1n) is 6.54. The number of unbranched alkanes of at least 4 members (excludes halogenated alkanes) is 2. The van der Waals surface area contributed by atoms with E-state index in [1.165, 1.54) is 0 Å². The van der Waals surface area contributed by atoms with E-state index >= 15 is 0 Å². The Morgan fingerprint density at radius 1 is 1.28 bits per heavy atom. The zero-order valence-electron chi connectivity index (χ0n) is 11.5. The lowest BCUT2D eigenvalue weighted by molar-refractivity contribution is 0.651. The zero-order chi connectivity index (χ0) is 13.5. The summed E-state index contributed by atoms with van der Waals surface area (Å²) in [5.41, 5.74) is 2.15. The molecule has 0 aliphatic heterocycles. The van der Waals surface area contributed by atoms with Crippen LogP contribution in [0.25, 0.3) is 0 Å². The van der Waals surface area contributed by atoms with E-state index in [0.29, 0.717) is 0 Å². The highest BCUT2D eigenvalue weighted by atomic mass is 32.2. The van der Waals surface area contributed by atoms with E-state index in [9.17, 15) is 4.21 Å². The lowest BCUT2D eigenvalue weighted by Gasteiger charge is -2.14. The van der Waals surface area contributed by atoms with Crippen molar-refractivity contribution < 1.29 is 4.21 Å². The maximum Gasteiger partial charge on any atom is 0.0999 e. The zero-order valence-corrected chi connectivity index (χ0v) is 12.3. The van der Waals surface area contributed by atoms with Crippen LogP contribution < -0.4 is 0 Å². The third-order valence-electron chi connectivity index (χ3n) is 3.12. The minimum Gasteiger partial charge on any atom is -0.253 e. The molecule has 0 heterocycles. The summed E-state index contributed by atoms with van der Waals surface area (Å²) in [5, 5.41) is -0.156. The molecule has 0 radical (unpaired) electrons. The Labute approximate surface area is 113 Å². The molecule has 0 aliphatic carbocycles. The van der Waals surface area contributed by atoms with Gasteiger partial charge in [-0.25, -0.2) is 0 Å². The normalized spacial score (nSPS) is 13.9. The molecule has 0 fully saturated rings. The van der Waals surface area contributed by atoms with E-state index < -0.39 is 10.8 Å². The Morgan fingerprint density at radius 2 is 1.89 bits per heavy atom. The third-order valence-corrected chi connectivity index (χ3v) is 5.06. The second kappa shape index (κ2) is 7.38. The molecule has 0 spiro atoms. The predicted molar refractivity (Wildman–Crippen MR) is 79.1 cm³/mol. The highest BCUT2D eigenvalue weighted by Crippen LogP contribution is 2.22. The average molecular weight is 262 g/mol. The lowest BCUT2D eigenvalue weighted by Crippen LogP contribution is -2.15. The Kier molecular flexibility index (Phi) is 6.15. The minimum absolute atomic E-state index is 0.156. The van der Waals surface area contributed by atoms with Gasteiger partial charge in [-0.3, -0.25) is 4.21 Å². The summed E-state index contributed by atoms with van der Waals surface area (Å²) in [5.74, 6) is 2.71. The van der Waals surface area contributed by atoms with Crippen LogP contribution in [0.1, 0.15) is 43.7 Å². The van der Waals surface area contributed by atoms with E-state index in [1.54, 1.807) is 0 Å². The molecular formula is C16H22OS. The van der Waals surface area contributed by atoms with E-state index in [1.807, 2.05) is 32.0 Å². The van der Waals surface area contributed by atoms with Crippen molar-refractivity contribution in [3.63, 3.8) is 0 Å². The van der Waals surface area contributed by atoms with E-state index in [-0.39, 0.29) is 5.25 Å². The SMILES string of the molecule is C#CC(CCCCC)S(=O)c1c(C)cccc1C. The van der Waals surface area contributed by atoms with Gasteiger partial charge in [0.25, 0.3) is 0 Å². The molecule has 1 nitrogen and oxygen atoms in total. The summed E-state index contributed by atoms with van der Waals surface area (Å²) in [6, 6.07) is 5.99. The van der Waals surface area contributed by atoms with Crippen LogP contribution in [-0.2, 0) is 10.8 Å². The Balaban J connectivity index is 2.88. The van der Waals surface area contributed by atoms with Crippen LogP contribution in [0, 0.1) is 26.2 Å². The molecule has 0 aromatic heterocycles. The molecule has 18 heavy (non-hydrogen) atoms. The minimum atomic E-state index is -1.08. The summed E-state index contributed by atoms with van der Waals surface area (Å²) in [4.78, 5) is 0.928. The van der Waals surface area contributed by atoms with E-state index in [0.717, 1.165) is 41.7 Å². The van der Waals surface area contributed by atoms with Gasteiger partial charge in [-0.1, -0.05) is 50.3 Å². The van der Waals surface area contributed by atoms with Crippen LogP contribution in [0.15, 0.2) is 23.1 Å². The first-order valence-corrected chi connectivity index (χ1v) is 7.76. The maximum atomic E-state index is 12.6. The second-order valence-electron chi connectivity index (χ2n) is 4.67. The van der Waals surface area contributed by atoms with Crippen molar-refractivity contribution in [2.45, 2.75) is 56.6 Å². The summed E-state index contributed by atoms with van der Waals surface area (Å²) >= 11 is 0. The smallest absolute Gasteiger partial charge is 0.0999 e. The van der Waals surface area contributed by atoms with Crippen molar-refractivity contribution in [3.05, 3.63) is 29.3 Å². The lowest BCUT2D eigenvalue weighted by atomic mass is 10.1. The molecule has 1 aromatic rings. The van der Waals surface area contributed by atoms with Gasteiger partial charge < -0.3 is 0 Å². The maximum absolute atomic E-state index is 12.6. The van der Waals surface area contributed by atoms with Crippen molar-refractivity contribution in [3.8, 4) is 12.3 Å². The largest absolute Gasteiger partial charge is 0.253 e. The van der Waals surface area contributed by atoms with Crippen molar-refractivity contribution in [2.75, 3.05) is 0 Å². The molecule has 2 atom stereocenters. The van der Waals surface area contributed by atoms with Gasteiger partial charge in [-0.05, 0) is 31.4 Å². The van der Waals surface area contributed by atoms with Gasteiger partial charge in [0, 0.05) is 4.90 Å². The van der Waals surface area contributed by atoms with Crippen molar-refractivity contribution in [1.82, 2.24) is 0 Å². The summed E-state index contributed by atoms with van der Waals surface area (Å²) in [7, 11) is -1.08. The Hall–Kier alpha value is -1.07. The molecule has 0 saturated carbocycles. The molecule has 1 rings (SSSR count). The fourth-order valence-corrected chi connectivity index (χ4v) is 3.65. The molecule has 2 heteroatoms. The van der Waals surface area contributed by atoms with Crippen LogP contribution in [-0.4, -0.2) is 9.46 Å². The fraction of sp³-hybridized carbons (Fsp3) is 0.500. The number of terminal acetylenes is 1. The van der Waals surface area contributed by atoms with Crippen LogP contribution in [0.5, 0.6) is 0 Å². The fourth-order valence-electron chi connectivity index (χ4n) is 2.09. The molecule has 0 N–H and O–H groups in total. The van der Waals surface area contributed by atoms with Gasteiger partial charge >= 0.3 is 0 Å². The molecule has 0 aliphatic rings. The van der Waals surface area contributed by atoms with Crippen LogP contribution in [0.2, 0.25) is 0 Å². The Bertz CT molecular complexity index is 436. The second-order valence-corrected chi connectivity index (χ2v) is 6.24. The van der Waals surface area contributed by atoms with Gasteiger partial charge in [-0.2, -0.15) is 0 Å². The van der Waals surface area contributed by atoms with Crippen molar-refractivity contribution >= 4 is 10.8 Å². The number of hydrogen-bond donors (Lipinski definition) is 0. The molecule has 1 aromatic carbocycles. The first-order chi connectivity index (χ1) is 8.61. The summed E-state index contributed by atoms with van der Waals surface area (Å²) < 4.78 is 12.6. The molecule has 2 unspecified atom stereocenters. The Morgan fingerprint density at radius 3 is 2.39 bits per heavy atom. The number of rotatable bonds is 6. The van der Waals surface area contributed by atoms with Crippen LogP contribution in [0.3, 0.4) is 0 Å². The molecule has 0 saturated heterocycles. The molecule has 0 amide bonds. The van der Waals surface area contributed by atoms with Crippen LogP contribution >= 0.6 is 0 Å². The van der Waals surface area contributed by atoms with Gasteiger partial charge in [0.1, 0.15) is 0 Å². The van der Waals surface area contributed by atoms with E-state index in [2.05, 4.69) is 12.8 Å². The average Bonchev–Trinajstić information content (AvgIpc) is 2.34. The topological polar surface area (TPSA) is 17.1 Å². The van der Waals surface area contributed by atoms with Gasteiger partial charge in [-0.15, -0.1) is 6.42 Å². The molecular weight excluding hydrogens is 240 g/mol. The third kappa shape index (κ3) is 3.71. The monoisotopic (exact) mass is 262 g/mol. The quantitative estimate of drug-likeness (QED) is 0.559. The van der Waals surface area contributed by atoms with E-state index in [4.69, 9.17) is 6.42 Å². The predicted octanol–water partition coefficient (Wildman–Crippen LogP) is 3.99. The van der Waals surface area contributed by atoms with Gasteiger partial charge in [0.05, 0.1) is 16.0 Å². The standard InChI is InChI=1S/C16H22OS/c1-5-7-8-12-15(6-2)18(17)16-13(3)10-9-11-14(16)4/h2,9-11,15H,5,7-8,12H2,1,3-4H3. The molecule has 98 valence electrons. The van der Waals surface area contributed by atoms with Gasteiger partial charge in [0.15, 0.2) is 0 Å². The van der Waals surface area contributed by atoms with Crippen molar-refractivity contribution in [2.24, 2.45) is 0 Å². The molecule has 0 bridgehead atoms. The van der Waals surface area contributed by atoms with Crippen molar-refractivity contribution in [1.29, 1.82) is 0 Å². The number of hydrogen-bond acceptors (Lipinski definition) is 1. The highest BCUT2D eigenvalue weighted by molar-refractivity contribution is 7.86. The number of benzene rings is 1. The summed E-state index contributed by atoms with van der Waals surface area (Å²) in [6.45, 7) is 6.16. The van der Waals surface area contributed by atoms with Gasteiger partial charge in [0.2, 0.25) is 0 Å². The van der Waals surface area contributed by atoms with Crippen LogP contribution in [0.4, 0.5) is 0 Å².